The fourth-order valence-electron chi connectivity index (χ4n) is 8.31. The summed E-state index contributed by atoms with van der Waals surface area (Å²) in [5.41, 5.74) is 2.33. The summed E-state index contributed by atoms with van der Waals surface area (Å²) in [6.45, 7) is 24.6. The largest absolute Gasteiger partial charge is 0.341 e. The zero-order valence-corrected chi connectivity index (χ0v) is 31.8. The van der Waals surface area contributed by atoms with Crippen molar-refractivity contribution in [2.24, 2.45) is 23.7 Å². The van der Waals surface area contributed by atoms with Crippen molar-refractivity contribution >= 4 is 43.4 Å². The SMILES string of the molecule is Cc1c(P(c2ccccc2)c2ccccc2)n(P2OC(C(C)C)(C(C)C)[C@H]3OC(C)(C)O[C@@H]3C(C(C)C)(C(C)C)O2)c2ccccc12. The predicted molar refractivity (Wildman–Crippen MR) is 199 cm³/mol. The van der Waals surface area contributed by atoms with Crippen molar-refractivity contribution < 1.29 is 18.5 Å². The van der Waals surface area contributed by atoms with E-state index in [-0.39, 0.29) is 35.9 Å². The first kappa shape index (κ1) is 34.8. The zero-order valence-electron chi connectivity index (χ0n) is 30.0. The van der Waals surface area contributed by atoms with E-state index in [0.29, 0.717) is 0 Å². The Balaban J connectivity index is 1.70. The van der Waals surface area contributed by atoms with Gasteiger partial charge in [-0.25, -0.2) is 0 Å². The van der Waals surface area contributed by atoms with Gasteiger partial charge in [-0.05, 0) is 66.7 Å². The molecular weight excluding hydrogens is 620 g/mol. The van der Waals surface area contributed by atoms with Crippen molar-refractivity contribution in [3.05, 3.63) is 90.5 Å². The Bertz CT molecular complexity index is 1590. The number of nitrogens with zero attached hydrogens (tertiary/aromatic N) is 1. The van der Waals surface area contributed by atoms with E-state index in [4.69, 9.17) is 18.5 Å². The van der Waals surface area contributed by atoms with Crippen LogP contribution in [0.15, 0.2) is 84.9 Å². The predicted octanol–water partition coefficient (Wildman–Crippen LogP) is 9.45. The van der Waals surface area contributed by atoms with Crippen LogP contribution in [-0.4, -0.2) is 33.5 Å². The van der Waals surface area contributed by atoms with Gasteiger partial charge >= 0.3 is 0 Å². The number of para-hydroxylation sites is 1. The van der Waals surface area contributed by atoms with Gasteiger partial charge in [-0.15, -0.1) is 0 Å². The minimum Gasteiger partial charge on any atom is -0.341 e. The first-order valence-electron chi connectivity index (χ1n) is 17.3. The lowest BCUT2D eigenvalue weighted by Crippen LogP contribution is -2.62. The number of fused-ring (bicyclic) bond motifs is 2. The van der Waals surface area contributed by atoms with E-state index in [2.05, 4.69) is 152 Å². The molecule has 2 aliphatic heterocycles. The highest BCUT2D eigenvalue weighted by Gasteiger charge is 2.68. The molecule has 2 fully saturated rings. The quantitative estimate of drug-likeness (QED) is 0.175. The van der Waals surface area contributed by atoms with Crippen molar-refractivity contribution in [3.8, 4) is 0 Å². The second-order valence-electron chi connectivity index (χ2n) is 15.0. The van der Waals surface area contributed by atoms with Crippen LogP contribution in [0.5, 0.6) is 0 Å². The maximum absolute atomic E-state index is 7.77. The highest BCUT2D eigenvalue weighted by Crippen LogP contribution is 2.64. The van der Waals surface area contributed by atoms with Gasteiger partial charge in [0.1, 0.15) is 23.4 Å². The Morgan fingerprint density at radius 2 is 1.02 bits per heavy atom. The minimum atomic E-state index is -1.70. The molecule has 3 aromatic carbocycles. The number of aryl methyl sites for hydroxylation is 1. The van der Waals surface area contributed by atoms with Crippen molar-refractivity contribution in [3.63, 3.8) is 0 Å². The van der Waals surface area contributed by atoms with Crippen LogP contribution < -0.4 is 16.0 Å². The highest BCUT2D eigenvalue weighted by molar-refractivity contribution is 7.80. The van der Waals surface area contributed by atoms with Crippen LogP contribution in [0.25, 0.3) is 10.9 Å². The van der Waals surface area contributed by atoms with Gasteiger partial charge in [-0.1, -0.05) is 134 Å². The van der Waals surface area contributed by atoms with Crippen LogP contribution in [0.2, 0.25) is 0 Å². The molecule has 2 saturated heterocycles. The molecule has 0 aliphatic carbocycles. The van der Waals surface area contributed by atoms with E-state index in [1.165, 1.54) is 27.0 Å². The van der Waals surface area contributed by atoms with Gasteiger partial charge in [0.2, 0.25) is 0 Å². The number of aromatic nitrogens is 1. The molecule has 3 heterocycles. The van der Waals surface area contributed by atoms with Crippen LogP contribution in [0.1, 0.15) is 74.8 Å². The van der Waals surface area contributed by atoms with E-state index in [0.717, 1.165) is 5.52 Å². The fraction of sp³-hybridized carbons (Fsp3) is 0.500. The molecule has 47 heavy (non-hydrogen) atoms. The van der Waals surface area contributed by atoms with Crippen LogP contribution in [0.4, 0.5) is 0 Å². The fourth-order valence-corrected chi connectivity index (χ4v) is 13.7. The first-order valence-corrected chi connectivity index (χ1v) is 19.8. The number of ether oxygens (including phenoxy) is 2. The molecule has 0 unspecified atom stereocenters. The molecular formula is C40H53NO4P2. The Labute approximate surface area is 285 Å². The third kappa shape index (κ3) is 5.64. The second kappa shape index (κ2) is 13.0. The van der Waals surface area contributed by atoms with Gasteiger partial charge < -0.3 is 18.5 Å². The van der Waals surface area contributed by atoms with Crippen molar-refractivity contribution in [2.75, 3.05) is 0 Å². The average molecular weight is 674 g/mol. The Morgan fingerprint density at radius 1 is 0.617 bits per heavy atom. The van der Waals surface area contributed by atoms with Gasteiger partial charge in [-0.2, -0.15) is 0 Å². The molecule has 6 rings (SSSR count). The zero-order chi connectivity index (χ0) is 33.9. The molecule has 1 aromatic heterocycles. The maximum atomic E-state index is 7.77. The summed E-state index contributed by atoms with van der Waals surface area (Å²) in [5.74, 6) is -0.234. The third-order valence-corrected chi connectivity index (χ3v) is 15.0. The van der Waals surface area contributed by atoms with Gasteiger partial charge in [0.25, 0.3) is 8.53 Å². The van der Waals surface area contributed by atoms with E-state index < -0.39 is 33.4 Å². The summed E-state index contributed by atoms with van der Waals surface area (Å²) in [7, 11) is -2.66. The average Bonchev–Trinajstić information content (AvgIpc) is 3.47. The van der Waals surface area contributed by atoms with E-state index in [9.17, 15) is 0 Å². The maximum Gasteiger partial charge on any atom is 0.296 e. The molecule has 0 spiro atoms. The number of hydrogen-bond donors (Lipinski definition) is 0. The third-order valence-electron chi connectivity index (χ3n) is 10.5. The van der Waals surface area contributed by atoms with Crippen LogP contribution in [0, 0.1) is 30.6 Å². The Morgan fingerprint density at radius 3 is 1.45 bits per heavy atom. The summed E-state index contributed by atoms with van der Waals surface area (Å²) in [6, 6.07) is 30.7. The lowest BCUT2D eigenvalue weighted by atomic mass is 9.67. The molecule has 0 amide bonds. The molecule has 0 radical (unpaired) electrons. The van der Waals surface area contributed by atoms with Gasteiger partial charge in [0.15, 0.2) is 5.79 Å². The molecule has 252 valence electrons. The normalized spacial score (nSPS) is 22.6. The van der Waals surface area contributed by atoms with Crippen molar-refractivity contribution in [2.45, 2.75) is 105 Å². The standard InChI is InChI=1S/C40H53NO4P2/c1-26(2)39(27(3)4)35-36(43-38(10,11)42-35)40(28(5)6,29(7)8)45-47(44-39)41-34-25-19-18-24-33(34)30(9)37(41)46(31-20-14-12-15-21-31)32-22-16-13-17-23-32/h12-29,35-36H,1-11H3/t35-,36-/m0/s1. The second-order valence-corrected chi connectivity index (χ2v) is 18.4. The summed E-state index contributed by atoms with van der Waals surface area (Å²) < 4.78 is 32.0. The molecule has 0 saturated carbocycles. The van der Waals surface area contributed by atoms with Crippen molar-refractivity contribution in [1.82, 2.24) is 4.34 Å². The van der Waals surface area contributed by atoms with Crippen LogP contribution in [-0.2, 0) is 18.5 Å². The molecule has 2 aliphatic rings. The summed E-state index contributed by atoms with van der Waals surface area (Å²) in [6.07, 6.45) is -0.628. The van der Waals surface area contributed by atoms with Gasteiger partial charge in [0, 0.05) is 13.3 Å². The molecule has 7 heteroatoms. The highest BCUT2D eigenvalue weighted by atomic mass is 31.2. The molecule has 2 atom stereocenters. The number of rotatable bonds is 8. The van der Waals surface area contributed by atoms with E-state index in [1.807, 2.05) is 13.8 Å². The molecule has 4 aromatic rings. The van der Waals surface area contributed by atoms with E-state index in [1.54, 1.807) is 0 Å². The topological polar surface area (TPSA) is 41.9 Å². The van der Waals surface area contributed by atoms with E-state index >= 15 is 0 Å². The smallest absolute Gasteiger partial charge is 0.296 e. The number of benzene rings is 3. The van der Waals surface area contributed by atoms with Crippen LogP contribution in [0.3, 0.4) is 0 Å². The Hall–Kier alpha value is -2.10. The number of hydrogen-bond acceptors (Lipinski definition) is 4. The summed E-state index contributed by atoms with van der Waals surface area (Å²) in [5, 5.41) is 3.83. The molecule has 0 bridgehead atoms. The van der Waals surface area contributed by atoms with Crippen LogP contribution >= 0.6 is 16.4 Å². The first-order chi connectivity index (χ1) is 22.3. The van der Waals surface area contributed by atoms with Crippen molar-refractivity contribution in [1.29, 1.82) is 0 Å². The monoisotopic (exact) mass is 673 g/mol. The minimum absolute atomic E-state index is 0.132. The molecule has 5 nitrogen and oxygen atoms in total. The van der Waals surface area contributed by atoms with Gasteiger partial charge in [-0.3, -0.25) is 4.34 Å². The van der Waals surface area contributed by atoms with Gasteiger partial charge in [0.05, 0.1) is 11.0 Å². The Kier molecular flexibility index (Phi) is 9.60. The molecule has 0 N–H and O–H groups in total. The lowest BCUT2D eigenvalue weighted by molar-refractivity contribution is -0.194. The summed E-state index contributed by atoms with van der Waals surface area (Å²) in [4.78, 5) is 0. The lowest BCUT2D eigenvalue weighted by Gasteiger charge is -2.47. The summed E-state index contributed by atoms with van der Waals surface area (Å²) >= 11 is 0.